The Morgan fingerprint density at radius 1 is 1.80 bits per heavy atom. The second-order valence-electron chi connectivity index (χ2n) is 1.73. The monoisotopic (exact) mass is 144 g/mol. The van der Waals surface area contributed by atoms with Crippen molar-refractivity contribution in [2.75, 3.05) is 6.54 Å². The first kappa shape index (κ1) is 8.90. The van der Waals surface area contributed by atoms with E-state index in [1.807, 2.05) is 6.92 Å². The van der Waals surface area contributed by atoms with Crippen LogP contribution in [0.5, 0.6) is 0 Å². The fourth-order valence-corrected chi connectivity index (χ4v) is 0.353. The van der Waals surface area contributed by atoms with Gasteiger partial charge in [-0.15, -0.1) is 5.10 Å². The van der Waals surface area contributed by atoms with E-state index in [1.54, 1.807) is 0 Å². The molecule has 0 bridgehead atoms. The summed E-state index contributed by atoms with van der Waals surface area (Å²) in [6.07, 6.45) is 1.29. The zero-order chi connectivity index (χ0) is 7.98. The summed E-state index contributed by atoms with van der Waals surface area (Å²) in [5.74, 6) is 5.62. The SMILES string of the molecule is CC/C(N)=N/N(N)CC=O. The molecular weight excluding hydrogens is 132 g/mol. The van der Waals surface area contributed by atoms with Gasteiger partial charge >= 0.3 is 0 Å². The molecule has 0 aromatic carbocycles. The van der Waals surface area contributed by atoms with E-state index in [0.29, 0.717) is 18.5 Å². The number of hydrogen-bond donors (Lipinski definition) is 2. The molecule has 0 atom stereocenters. The lowest BCUT2D eigenvalue weighted by atomic mass is 10.5. The predicted molar refractivity (Wildman–Crippen MR) is 38.9 cm³/mol. The van der Waals surface area contributed by atoms with E-state index in [0.717, 1.165) is 5.12 Å². The van der Waals surface area contributed by atoms with Crippen LogP contribution in [0, 0.1) is 0 Å². The highest BCUT2D eigenvalue weighted by molar-refractivity contribution is 5.79. The molecule has 0 spiro atoms. The van der Waals surface area contributed by atoms with Crippen molar-refractivity contribution in [1.82, 2.24) is 5.12 Å². The lowest BCUT2D eigenvalue weighted by Gasteiger charge is -2.07. The van der Waals surface area contributed by atoms with Crippen LogP contribution in [-0.4, -0.2) is 23.8 Å². The van der Waals surface area contributed by atoms with Gasteiger partial charge in [-0.05, 0) is 0 Å². The van der Waals surface area contributed by atoms with Gasteiger partial charge in [-0.25, -0.2) is 11.0 Å². The maximum atomic E-state index is 9.85. The van der Waals surface area contributed by atoms with E-state index in [2.05, 4.69) is 5.10 Å². The first-order valence-electron chi connectivity index (χ1n) is 2.99. The Bertz CT molecular complexity index is 134. The lowest BCUT2D eigenvalue weighted by Crippen LogP contribution is -2.30. The number of aldehydes is 1. The van der Waals surface area contributed by atoms with Gasteiger partial charge in [0, 0.05) is 6.42 Å². The Morgan fingerprint density at radius 2 is 2.40 bits per heavy atom. The molecule has 0 aromatic rings. The number of nitrogens with two attached hydrogens (primary N) is 2. The molecular formula is C5H12N4O. The number of carbonyl (C=O) groups is 1. The largest absolute Gasteiger partial charge is 0.386 e. The highest BCUT2D eigenvalue weighted by Gasteiger charge is 1.91. The number of nitrogens with zero attached hydrogens (tertiary/aromatic N) is 2. The number of rotatable bonds is 4. The highest BCUT2D eigenvalue weighted by Crippen LogP contribution is 1.80. The van der Waals surface area contributed by atoms with E-state index in [4.69, 9.17) is 11.6 Å². The van der Waals surface area contributed by atoms with E-state index in [9.17, 15) is 4.79 Å². The van der Waals surface area contributed by atoms with Crippen LogP contribution in [0.4, 0.5) is 0 Å². The zero-order valence-corrected chi connectivity index (χ0v) is 5.95. The number of hydrogen-bond acceptors (Lipinski definition) is 4. The van der Waals surface area contributed by atoms with Crippen LogP contribution in [0.15, 0.2) is 5.10 Å². The highest BCUT2D eigenvalue weighted by atomic mass is 16.1. The maximum Gasteiger partial charge on any atom is 0.142 e. The average Bonchev–Trinajstić information content (AvgIpc) is 1.88. The summed E-state index contributed by atoms with van der Waals surface area (Å²) in [7, 11) is 0. The molecule has 5 heteroatoms. The quantitative estimate of drug-likeness (QED) is 0.175. The lowest BCUT2D eigenvalue weighted by molar-refractivity contribution is -0.108. The molecule has 5 nitrogen and oxygen atoms in total. The van der Waals surface area contributed by atoms with Crippen molar-refractivity contribution >= 4 is 12.1 Å². The molecule has 0 aromatic heterocycles. The van der Waals surface area contributed by atoms with Crippen molar-refractivity contribution < 1.29 is 4.79 Å². The Morgan fingerprint density at radius 3 is 2.80 bits per heavy atom. The third-order valence-corrected chi connectivity index (χ3v) is 0.881. The van der Waals surface area contributed by atoms with Crippen LogP contribution in [-0.2, 0) is 4.79 Å². The van der Waals surface area contributed by atoms with Gasteiger partial charge < -0.3 is 10.5 Å². The molecule has 58 valence electrons. The van der Waals surface area contributed by atoms with Gasteiger partial charge in [-0.3, -0.25) is 0 Å². The minimum absolute atomic E-state index is 0.0701. The van der Waals surface area contributed by atoms with Crippen molar-refractivity contribution in [3.05, 3.63) is 0 Å². The molecule has 4 N–H and O–H groups in total. The van der Waals surface area contributed by atoms with Gasteiger partial charge in [0.2, 0.25) is 0 Å². The van der Waals surface area contributed by atoms with Gasteiger partial charge in [-0.1, -0.05) is 6.92 Å². The Labute approximate surface area is 59.6 Å². The minimum atomic E-state index is 0.0701. The van der Waals surface area contributed by atoms with Crippen molar-refractivity contribution in [3.63, 3.8) is 0 Å². The third-order valence-electron chi connectivity index (χ3n) is 0.881. The normalized spacial score (nSPS) is 11.2. The second kappa shape index (κ2) is 4.75. The smallest absolute Gasteiger partial charge is 0.142 e. The van der Waals surface area contributed by atoms with Crippen LogP contribution in [0.1, 0.15) is 13.3 Å². The van der Waals surface area contributed by atoms with Gasteiger partial charge in [0.1, 0.15) is 18.7 Å². The van der Waals surface area contributed by atoms with E-state index in [1.165, 1.54) is 0 Å². The molecule has 0 unspecified atom stereocenters. The fraction of sp³-hybridized carbons (Fsp3) is 0.600. The molecule has 0 radical (unpaired) electrons. The summed E-state index contributed by atoms with van der Waals surface area (Å²) >= 11 is 0. The molecule has 0 heterocycles. The van der Waals surface area contributed by atoms with E-state index < -0.39 is 0 Å². The molecule has 0 aliphatic carbocycles. The van der Waals surface area contributed by atoms with Gasteiger partial charge in [0.15, 0.2) is 0 Å². The predicted octanol–water partition coefficient (Wildman–Crippen LogP) is -0.957. The van der Waals surface area contributed by atoms with Crippen LogP contribution in [0.2, 0.25) is 0 Å². The first-order valence-corrected chi connectivity index (χ1v) is 2.99. The van der Waals surface area contributed by atoms with E-state index in [-0.39, 0.29) is 6.54 Å². The van der Waals surface area contributed by atoms with Crippen LogP contribution in [0.3, 0.4) is 0 Å². The van der Waals surface area contributed by atoms with Crippen LogP contribution in [0.25, 0.3) is 0 Å². The van der Waals surface area contributed by atoms with Gasteiger partial charge in [-0.2, -0.15) is 0 Å². The molecule has 0 amide bonds. The summed E-state index contributed by atoms with van der Waals surface area (Å²) < 4.78 is 0. The second-order valence-corrected chi connectivity index (χ2v) is 1.73. The van der Waals surface area contributed by atoms with Crippen molar-refractivity contribution in [3.8, 4) is 0 Å². The molecule has 0 aliphatic rings. The van der Waals surface area contributed by atoms with Crippen molar-refractivity contribution in [2.45, 2.75) is 13.3 Å². The Kier molecular flexibility index (Phi) is 4.23. The fourth-order valence-electron chi connectivity index (χ4n) is 0.353. The average molecular weight is 144 g/mol. The van der Waals surface area contributed by atoms with Crippen molar-refractivity contribution in [2.24, 2.45) is 16.7 Å². The molecule has 0 rings (SSSR count). The zero-order valence-electron chi connectivity index (χ0n) is 5.95. The number of carbonyl (C=O) groups excluding carboxylic acids is 1. The molecule has 0 saturated carbocycles. The van der Waals surface area contributed by atoms with Crippen molar-refractivity contribution in [1.29, 1.82) is 0 Å². The summed E-state index contributed by atoms with van der Waals surface area (Å²) in [5, 5.41) is 4.67. The molecule has 0 saturated heterocycles. The van der Waals surface area contributed by atoms with Gasteiger partial charge in [0.25, 0.3) is 0 Å². The molecule has 0 fully saturated rings. The summed E-state index contributed by atoms with van der Waals surface area (Å²) in [5.41, 5.74) is 5.32. The summed E-state index contributed by atoms with van der Waals surface area (Å²) in [4.78, 5) is 9.85. The minimum Gasteiger partial charge on any atom is -0.386 e. The molecule has 10 heavy (non-hydrogen) atoms. The molecule has 0 aliphatic heterocycles. The number of amidine groups is 1. The topological polar surface area (TPSA) is 84.7 Å². The maximum absolute atomic E-state index is 9.85. The van der Waals surface area contributed by atoms with Crippen LogP contribution < -0.4 is 11.6 Å². The number of hydrazine groups is 1. The summed E-state index contributed by atoms with van der Waals surface area (Å²) in [6, 6.07) is 0. The number of hydrazone groups is 1. The Hall–Kier alpha value is -1.10. The standard InChI is InChI=1S/C5H12N4O/c1-2-5(6)8-9(7)3-4-10/h4H,2-3,7H2,1H3,(H2,6,8). The van der Waals surface area contributed by atoms with Gasteiger partial charge in [0.05, 0.1) is 0 Å². The third kappa shape index (κ3) is 3.85. The Balaban J connectivity index is 3.73. The first-order chi connectivity index (χ1) is 4.70. The summed E-state index contributed by atoms with van der Waals surface area (Å²) in [6.45, 7) is 1.92. The van der Waals surface area contributed by atoms with Crippen LogP contribution >= 0.6 is 0 Å². The van der Waals surface area contributed by atoms with E-state index >= 15 is 0 Å².